The number of rotatable bonds is 62. The summed E-state index contributed by atoms with van der Waals surface area (Å²) in [6, 6.07) is 0. The molecule has 0 rings (SSSR count). The van der Waals surface area contributed by atoms with Crippen LogP contribution >= 0.6 is 7.82 Å². The Kier molecular flexibility index (Phi) is 59.6. The van der Waals surface area contributed by atoms with Gasteiger partial charge in [-0.15, -0.1) is 0 Å². The fraction of sp³-hybridized carbons (Fsp3) is 0.775. The van der Waals surface area contributed by atoms with Crippen LogP contribution in [0.1, 0.15) is 303 Å². The van der Waals surface area contributed by atoms with Crippen molar-refractivity contribution in [3.05, 3.63) is 85.1 Å². The lowest BCUT2D eigenvalue weighted by molar-refractivity contribution is -0.870. The lowest BCUT2D eigenvalue weighted by Gasteiger charge is -2.24. The number of phosphoric acid groups is 1. The summed E-state index contributed by atoms with van der Waals surface area (Å²) in [4.78, 5) is 35.8. The van der Waals surface area contributed by atoms with Crippen LogP contribution in [0.4, 0.5) is 0 Å². The first-order chi connectivity index (χ1) is 39.5. The topological polar surface area (TPSA) is 108 Å². The van der Waals surface area contributed by atoms with Crippen molar-refractivity contribution in [2.45, 2.75) is 309 Å². The molecular weight excluding hydrogens is 1030 g/mol. The summed E-state index contributed by atoms with van der Waals surface area (Å²) in [7, 11) is 1.48. The van der Waals surface area contributed by atoms with Crippen LogP contribution in [0.2, 0.25) is 0 Å². The zero-order valence-corrected chi connectivity index (χ0v) is 54.4. The van der Waals surface area contributed by atoms with E-state index in [1.54, 1.807) is 0 Å². The van der Waals surface area contributed by atoms with Crippen molar-refractivity contribution in [2.24, 2.45) is 0 Å². The van der Waals surface area contributed by atoms with Gasteiger partial charge in [0.2, 0.25) is 0 Å². The quantitative estimate of drug-likeness (QED) is 0.0211. The van der Waals surface area contributed by atoms with Gasteiger partial charge >= 0.3 is 19.8 Å². The fourth-order valence-electron chi connectivity index (χ4n) is 9.49. The van der Waals surface area contributed by atoms with Gasteiger partial charge in [0.05, 0.1) is 27.7 Å². The Hall–Kier alpha value is -2.81. The largest absolute Gasteiger partial charge is 0.472 e. The van der Waals surface area contributed by atoms with E-state index in [0.29, 0.717) is 17.4 Å². The molecule has 470 valence electrons. The molecule has 0 spiro atoms. The number of carbonyl (C=O) groups excluding carboxylic acids is 2. The van der Waals surface area contributed by atoms with E-state index in [4.69, 9.17) is 18.5 Å². The monoisotopic (exact) mass is 1150 g/mol. The minimum Gasteiger partial charge on any atom is -0.462 e. The predicted molar refractivity (Wildman–Crippen MR) is 349 cm³/mol. The molecular formula is C71H129NO8P+. The third-order valence-corrected chi connectivity index (χ3v) is 15.6. The number of hydrogen-bond donors (Lipinski definition) is 1. The minimum absolute atomic E-state index is 0.0308. The molecule has 0 aliphatic rings. The highest BCUT2D eigenvalue weighted by atomic mass is 31.2. The second-order valence-corrected chi connectivity index (χ2v) is 25.3. The maximum Gasteiger partial charge on any atom is 0.472 e. The number of likely N-dealkylation sites (N-methyl/N-ethyl adjacent to an activating group) is 1. The molecule has 2 atom stereocenters. The van der Waals surface area contributed by atoms with Gasteiger partial charge in [-0.1, -0.05) is 285 Å². The highest BCUT2D eigenvalue weighted by molar-refractivity contribution is 7.47. The van der Waals surface area contributed by atoms with Crippen molar-refractivity contribution >= 4 is 19.8 Å². The van der Waals surface area contributed by atoms with Gasteiger partial charge in [-0.3, -0.25) is 18.6 Å². The Morgan fingerprint density at radius 1 is 0.395 bits per heavy atom. The van der Waals surface area contributed by atoms with Crippen LogP contribution in [-0.2, 0) is 32.7 Å². The van der Waals surface area contributed by atoms with Crippen LogP contribution in [-0.4, -0.2) is 74.9 Å². The number of nitrogens with zero attached hydrogens (tertiary/aromatic N) is 1. The molecule has 81 heavy (non-hydrogen) atoms. The average molecular weight is 1160 g/mol. The van der Waals surface area contributed by atoms with Crippen LogP contribution in [0.25, 0.3) is 0 Å². The molecule has 0 fully saturated rings. The zero-order chi connectivity index (χ0) is 59.1. The normalized spacial score (nSPS) is 13.7. The van der Waals surface area contributed by atoms with E-state index in [1.807, 2.05) is 21.1 Å². The third-order valence-electron chi connectivity index (χ3n) is 14.7. The zero-order valence-electron chi connectivity index (χ0n) is 53.5. The SMILES string of the molecule is CC/C=C\C/C=C\C/C=C\C/C=C\C/C=C\C/C=C\CCCCCCCCCCCCCCCCCCCCCCC(=O)OC(COC(=O)CCCCCCCCC/C=C\CCCCCCCCC)COP(=O)(O)OCC[N+](C)(C)C. The van der Waals surface area contributed by atoms with Crippen molar-refractivity contribution in [1.82, 2.24) is 0 Å². The van der Waals surface area contributed by atoms with Gasteiger partial charge in [0, 0.05) is 12.8 Å². The first-order valence-electron chi connectivity index (χ1n) is 33.8. The predicted octanol–water partition coefficient (Wildman–Crippen LogP) is 21.8. The highest BCUT2D eigenvalue weighted by Crippen LogP contribution is 2.43. The van der Waals surface area contributed by atoms with Gasteiger partial charge < -0.3 is 18.9 Å². The van der Waals surface area contributed by atoms with Crippen molar-refractivity contribution in [3.8, 4) is 0 Å². The van der Waals surface area contributed by atoms with E-state index in [2.05, 4.69) is 98.9 Å². The molecule has 0 bridgehead atoms. The molecule has 0 saturated carbocycles. The van der Waals surface area contributed by atoms with Crippen LogP contribution in [0.15, 0.2) is 85.1 Å². The molecule has 10 heteroatoms. The second-order valence-electron chi connectivity index (χ2n) is 23.8. The summed E-state index contributed by atoms with van der Waals surface area (Å²) in [5, 5.41) is 0. The van der Waals surface area contributed by atoms with Crippen LogP contribution in [0, 0.1) is 0 Å². The van der Waals surface area contributed by atoms with E-state index in [-0.39, 0.29) is 32.0 Å². The van der Waals surface area contributed by atoms with Crippen molar-refractivity contribution < 1.29 is 42.1 Å². The van der Waals surface area contributed by atoms with Crippen molar-refractivity contribution in [2.75, 3.05) is 47.5 Å². The van der Waals surface area contributed by atoms with Crippen molar-refractivity contribution in [3.63, 3.8) is 0 Å². The van der Waals surface area contributed by atoms with E-state index >= 15 is 0 Å². The smallest absolute Gasteiger partial charge is 0.462 e. The number of phosphoric ester groups is 1. The van der Waals surface area contributed by atoms with Crippen LogP contribution in [0.5, 0.6) is 0 Å². The molecule has 0 radical (unpaired) electrons. The van der Waals surface area contributed by atoms with Gasteiger partial charge in [-0.05, 0) is 89.9 Å². The Balaban J connectivity index is 3.97. The number of quaternary nitrogens is 1. The number of carbonyl (C=O) groups is 2. The lowest BCUT2D eigenvalue weighted by atomic mass is 10.0. The Labute approximate surface area is 501 Å². The molecule has 0 heterocycles. The summed E-state index contributed by atoms with van der Waals surface area (Å²) in [5.41, 5.74) is 0. The first-order valence-corrected chi connectivity index (χ1v) is 35.3. The Morgan fingerprint density at radius 3 is 1.06 bits per heavy atom. The summed E-state index contributed by atoms with van der Waals surface area (Å²) in [5.74, 6) is -0.791. The Bertz CT molecular complexity index is 1640. The summed E-state index contributed by atoms with van der Waals surface area (Å²) >= 11 is 0. The number of unbranched alkanes of at least 4 members (excludes halogenated alkanes) is 34. The van der Waals surface area contributed by atoms with Crippen molar-refractivity contribution in [1.29, 1.82) is 0 Å². The molecule has 2 unspecified atom stereocenters. The second kappa shape index (κ2) is 61.7. The number of hydrogen-bond acceptors (Lipinski definition) is 7. The molecule has 0 aromatic rings. The molecule has 0 amide bonds. The molecule has 0 aromatic carbocycles. The van der Waals surface area contributed by atoms with E-state index < -0.39 is 26.5 Å². The Morgan fingerprint density at radius 2 is 0.704 bits per heavy atom. The maximum atomic E-state index is 12.9. The highest BCUT2D eigenvalue weighted by Gasteiger charge is 2.27. The number of ether oxygens (including phenoxy) is 2. The summed E-state index contributed by atoms with van der Waals surface area (Å²) in [6.07, 6.45) is 84.0. The molecule has 9 nitrogen and oxygen atoms in total. The molecule has 0 aliphatic carbocycles. The summed E-state index contributed by atoms with van der Waals surface area (Å²) < 4.78 is 34.7. The van der Waals surface area contributed by atoms with Crippen LogP contribution < -0.4 is 0 Å². The lowest BCUT2D eigenvalue weighted by Crippen LogP contribution is -2.37. The third kappa shape index (κ3) is 66.2. The minimum atomic E-state index is -4.39. The fourth-order valence-corrected chi connectivity index (χ4v) is 10.2. The number of esters is 2. The summed E-state index contributed by atoms with van der Waals surface area (Å²) in [6.45, 7) is 4.34. The van der Waals surface area contributed by atoms with Gasteiger partial charge in [-0.25, -0.2) is 4.57 Å². The number of allylic oxidation sites excluding steroid dienone is 14. The van der Waals surface area contributed by atoms with E-state index in [1.165, 1.54) is 199 Å². The van der Waals surface area contributed by atoms with Gasteiger partial charge in [0.1, 0.15) is 19.8 Å². The molecule has 0 saturated heterocycles. The average Bonchev–Trinajstić information content (AvgIpc) is 3.43. The van der Waals surface area contributed by atoms with E-state index in [0.717, 1.165) is 70.6 Å². The molecule has 1 N–H and O–H groups in total. The van der Waals surface area contributed by atoms with Gasteiger partial charge in [0.25, 0.3) is 0 Å². The van der Waals surface area contributed by atoms with Gasteiger partial charge in [0.15, 0.2) is 6.10 Å². The molecule has 0 aliphatic heterocycles. The van der Waals surface area contributed by atoms with E-state index in [9.17, 15) is 19.0 Å². The standard InChI is InChI=1S/C71H128NO8P/c1-6-8-10-12-14-16-18-20-22-24-26-27-28-29-30-31-32-33-34-35-36-37-38-39-40-41-42-43-44-45-46-48-50-52-54-56-58-60-62-64-71(74)80-69(68-79-81(75,76)78-66-65-72(3,4)5)67-77-70(73)63-61-59-57-55-53-51-49-47-25-23-21-19-17-15-13-11-9-7-2/h8,10,14,16,20,22-23,25-27,29-30,32-33,69H,6-7,9,11-13,15,17-19,21,24,28,31,34-68H2,1-5H3/p+1/b10-8-,16-14-,22-20-,25-23-,27-26-,30-29-,33-32-. The van der Waals surface area contributed by atoms with Gasteiger partial charge in [-0.2, -0.15) is 0 Å². The van der Waals surface area contributed by atoms with Crippen LogP contribution in [0.3, 0.4) is 0 Å². The maximum absolute atomic E-state index is 12.9. The molecule has 0 aromatic heterocycles. The first kappa shape index (κ1) is 78.2.